The van der Waals surface area contributed by atoms with Crippen LogP contribution in [0.5, 0.6) is 5.75 Å². The summed E-state index contributed by atoms with van der Waals surface area (Å²) in [7, 11) is -3.62. The zero-order valence-electron chi connectivity index (χ0n) is 17.7. The Morgan fingerprint density at radius 1 is 1.34 bits per heavy atom. The minimum Gasteiger partial charge on any atom is -0.484 e. The number of pyridine rings is 1. The van der Waals surface area contributed by atoms with E-state index in [1.54, 1.807) is 0 Å². The fourth-order valence-corrected chi connectivity index (χ4v) is 4.90. The van der Waals surface area contributed by atoms with Crippen LogP contribution in [0.25, 0.3) is 0 Å². The minimum atomic E-state index is -4.55. The first-order chi connectivity index (χ1) is 14.8. The molecule has 176 valence electrons. The number of aryl methyl sites for hydroxylation is 1. The van der Waals surface area contributed by atoms with Crippen molar-refractivity contribution in [1.29, 1.82) is 0 Å². The lowest BCUT2D eigenvalue weighted by molar-refractivity contribution is -0.153. The van der Waals surface area contributed by atoms with Crippen molar-refractivity contribution in [1.82, 2.24) is 20.0 Å². The molecule has 0 aliphatic heterocycles. The molecule has 2 aromatic rings. The van der Waals surface area contributed by atoms with E-state index in [2.05, 4.69) is 15.1 Å². The Kier molecular flexibility index (Phi) is 6.50. The van der Waals surface area contributed by atoms with Crippen molar-refractivity contribution in [3.63, 3.8) is 0 Å². The number of hydrogen-bond donors (Lipinski definition) is 0. The fourth-order valence-electron chi connectivity index (χ4n) is 3.61. The van der Waals surface area contributed by atoms with Gasteiger partial charge in [-0.3, -0.25) is 9.78 Å². The molecule has 0 aromatic carbocycles. The summed E-state index contributed by atoms with van der Waals surface area (Å²) in [5.74, 6) is -1.12. The number of hydrogen-bond acceptors (Lipinski definition) is 8. The predicted octanol–water partition coefficient (Wildman–Crippen LogP) is 2.67. The van der Waals surface area contributed by atoms with Gasteiger partial charge in [-0.2, -0.15) is 18.2 Å². The maximum atomic E-state index is 13.5. The molecule has 1 atom stereocenters. The Bertz CT molecular complexity index is 1080. The normalized spacial score (nSPS) is 16.8. The third-order valence-corrected chi connectivity index (χ3v) is 6.18. The van der Waals surface area contributed by atoms with Gasteiger partial charge in [-0.1, -0.05) is 5.16 Å². The lowest BCUT2D eigenvalue weighted by Gasteiger charge is -2.47. The Labute approximate surface area is 182 Å². The van der Waals surface area contributed by atoms with E-state index in [1.165, 1.54) is 24.8 Å². The highest BCUT2D eigenvalue weighted by atomic mass is 32.2. The molecule has 0 saturated heterocycles. The van der Waals surface area contributed by atoms with Gasteiger partial charge in [0.25, 0.3) is 5.91 Å². The number of ether oxygens (including phenoxy) is 1. The van der Waals surface area contributed by atoms with Crippen LogP contribution in [0.15, 0.2) is 22.9 Å². The van der Waals surface area contributed by atoms with Crippen LogP contribution in [-0.2, 0) is 15.4 Å². The van der Waals surface area contributed by atoms with Gasteiger partial charge in [0, 0.05) is 31.5 Å². The van der Waals surface area contributed by atoms with Crippen LogP contribution in [0.3, 0.4) is 0 Å². The highest BCUT2D eigenvalue weighted by Crippen LogP contribution is 2.38. The molecule has 9 nitrogen and oxygen atoms in total. The third kappa shape index (κ3) is 5.56. The molecule has 1 saturated carbocycles. The van der Waals surface area contributed by atoms with Crippen molar-refractivity contribution in [3.8, 4) is 5.75 Å². The van der Waals surface area contributed by atoms with Crippen LogP contribution in [0.4, 0.5) is 13.2 Å². The van der Waals surface area contributed by atoms with Gasteiger partial charge in [0.2, 0.25) is 5.89 Å². The van der Waals surface area contributed by atoms with Gasteiger partial charge in [0.05, 0.1) is 5.75 Å². The number of rotatable bonds is 8. The van der Waals surface area contributed by atoms with E-state index in [0.29, 0.717) is 12.8 Å². The zero-order chi connectivity index (χ0) is 23.7. The number of carbonyl (C=O) groups excluding carboxylic acids is 1. The van der Waals surface area contributed by atoms with Crippen molar-refractivity contribution < 1.29 is 35.6 Å². The molecule has 0 N–H and O–H groups in total. The molecule has 0 bridgehead atoms. The molecule has 32 heavy (non-hydrogen) atoms. The summed E-state index contributed by atoms with van der Waals surface area (Å²) in [6.07, 6.45) is -0.291. The van der Waals surface area contributed by atoms with Crippen molar-refractivity contribution in [2.45, 2.75) is 50.9 Å². The number of alkyl halides is 3. The van der Waals surface area contributed by atoms with E-state index >= 15 is 0 Å². The zero-order valence-corrected chi connectivity index (χ0v) is 18.5. The fraction of sp³-hybridized carbons (Fsp3) is 0.579. The minimum absolute atomic E-state index is 0.0187. The summed E-state index contributed by atoms with van der Waals surface area (Å²) in [5, 5.41) is 3.87. The van der Waals surface area contributed by atoms with Gasteiger partial charge in [-0.25, -0.2) is 8.42 Å². The summed E-state index contributed by atoms with van der Waals surface area (Å²) in [5.41, 5.74) is -1.67. The smallest absolute Gasteiger partial charge is 0.422 e. The van der Waals surface area contributed by atoms with Crippen LogP contribution >= 0.6 is 0 Å². The van der Waals surface area contributed by atoms with Crippen LogP contribution in [0.1, 0.15) is 48.4 Å². The van der Waals surface area contributed by atoms with Crippen molar-refractivity contribution in [2.75, 3.05) is 18.6 Å². The largest absolute Gasteiger partial charge is 0.484 e. The summed E-state index contributed by atoms with van der Waals surface area (Å²) >= 11 is 0. The van der Waals surface area contributed by atoms with Gasteiger partial charge in [0.15, 0.2) is 12.4 Å². The van der Waals surface area contributed by atoms with Gasteiger partial charge in [0.1, 0.15) is 26.8 Å². The van der Waals surface area contributed by atoms with Gasteiger partial charge in [-0.05, 0) is 32.3 Å². The van der Waals surface area contributed by atoms with E-state index in [4.69, 9.17) is 9.26 Å². The standard InChI is InChI=1S/C19H23F3N4O5S/c1-12-24-17(25-31-12)18(2,11-32(3,28)29)26(13-5-4-6-13)16(27)15-9-14(7-8-23-15)30-10-19(20,21)22/h7-9,13H,4-6,10-11H2,1-3H3. The molecule has 0 radical (unpaired) electrons. The van der Waals surface area contributed by atoms with Gasteiger partial charge in [-0.15, -0.1) is 0 Å². The Hall–Kier alpha value is -2.70. The van der Waals surface area contributed by atoms with E-state index in [9.17, 15) is 26.4 Å². The summed E-state index contributed by atoms with van der Waals surface area (Å²) in [6.45, 7) is 1.54. The molecule has 13 heteroatoms. The Balaban J connectivity index is 2.02. The number of sulfone groups is 1. The van der Waals surface area contributed by atoms with Crippen molar-refractivity contribution >= 4 is 15.7 Å². The highest BCUT2D eigenvalue weighted by Gasteiger charge is 2.48. The highest BCUT2D eigenvalue weighted by molar-refractivity contribution is 7.90. The van der Waals surface area contributed by atoms with Gasteiger partial charge < -0.3 is 14.2 Å². The van der Waals surface area contributed by atoms with Crippen LogP contribution in [0, 0.1) is 6.92 Å². The Morgan fingerprint density at radius 2 is 2.03 bits per heavy atom. The first-order valence-corrected chi connectivity index (χ1v) is 11.8. The number of nitrogens with zero attached hydrogens (tertiary/aromatic N) is 4. The second-order valence-corrected chi connectivity index (χ2v) is 10.2. The lowest BCUT2D eigenvalue weighted by Crippen LogP contribution is -2.58. The monoisotopic (exact) mass is 476 g/mol. The average molecular weight is 476 g/mol. The molecule has 1 fully saturated rings. The molecule has 1 unspecified atom stereocenters. The quantitative estimate of drug-likeness (QED) is 0.571. The molecule has 0 spiro atoms. The first kappa shape index (κ1) is 24.0. The summed E-state index contributed by atoms with van der Waals surface area (Å²) in [6, 6.07) is 1.98. The number of carbonyl (C=O) groups is 1. The summed E-state index contributed by atoms with van der Waals surface area (Å²) < 4.78 is 71.8. The molecule has 3 rings (SSSR count). The SMILES string of the molecule is Cc1nc(C(C)(CS(C)(=O)=O)N(C(=O)c2cc(OCC(F)(F)F)ccn2)C2CCC2)no1. The summed E-state index contributed by atoms with van der Waals surface area (Å²) in [4.78, 5) is 23.1. The predicted molar refractivity (Wildman–Crippen MR) is 106 cm³/mol. The van der Waals surface area contributed by atoms with Crippen molar-refractivity contribution in [3.05, 3.63) is 35.7 Å². The molecular formula is C19H23F3N4O5S. The third-order valence-electron chi connectivity index (χ3n) is 5.10. The molecular weight excluding hydrogens is 453 g/mol. The maximum Gasteiger partial charge on any atom is 0.422 e. The second-order valence-electron chi connectivity index (χ2n) is 8.02. The topological polar surface area (TPSA) is 115 Å². The molecule has 1 amide bonds. The number of amides is 1. The number of aromatic nitrogens is 3. The molecule has 1 aliphatic carbocycles. The average Bonchev–Trinajstić information content (AvgIpc) is 3.07. The van der Waals surface area contributed by atoms with Crippen LogP contribution in [-0.4, -0.2) is 65.2 Å². The van der Waals surface area contributed by atoms with Crippen LogP contribution in [0.2, 0.25) is 0 Å². The molecule has 1 aliphatic rings. The molecule has 2 heterocycles. The first-order valence-electron chi connectivity index (χ1n) is 9.76. The van der Waals surface area contributed by atoms with E-state index in [-0.39, 0.29) is 29.2 Å². The van der Waals surface area contributed by atoms with Crippen molar-refractivity contribution in [2.24, 2.45) is 0 Å². The van der Waals surface area contributed by atoms with E-state index in [1.807, 2.05) is 0 Å². The van der Waals surface area contributed by atoms with E-state index < -0.39 is 39.8 Å². The molecule has 2 aromatic heterocycles. The second kappa shape index (κ2) is 8.68. The maximum absolute atomic E-state index is 13.5. The van der Waals surface area contributed by atoms with Gasteiger partial charge >= 0.3 is 6.18 Å². The number of halogens is 3. The Morgan fingerprint density at radius 3 is 2.53 bits per heavy atom. The lowest BCUT2D eigenvalue weighted by atomic mass is 9.86. The van der Waals surface area contributed by atoms with E-state index in [0.717, 1.165) is 24.9 Å². The van der Waals surface area contributed by atoms with Crippen LogP contribution < -0.4 is 4.74 Å².